The summed E-state index contributed by atoms with van der Waals surface area (Å²) < 4.78 is 0.955. The van der Waals surface area contributed by atoms with Crippen LogP contribution in [-0.2, 0) is 37.5 Å². The van der Waals surface area contributed by atoms with Crippen LogP contribution in [0.5, 0.6) is 0 Å². The Labute approximate surface area is 209 Å². The Morgan fingerprint density at radius 3 is 1.83 bits per heavy atom. The fraction of sp³-hybridized carbons (Fsp3) is 0.500. The first-order chi connectivity index (χ1) is 14.0. The van der Waals surface area contributed by atoms with Gasteiger partial charge in [0.25, 0.3) is 5.91 Å². The van der Waals surface area contributed by atoms with Gasteiger partial charge in [0.15, 0.2) is 6.54 Å². The van der Waals surface area contributed by atoms with Gasteiger partial charge < -0.3 is 9.80 Å². The molecule has 1 fully saturated rings. The number of nitrogens with one attached hydrogen (secondary N) is 1. The van der Waals surface area contributed by atoms with E-state index in [1.807, 2.05) is 24.3 Å². The minimum atomic E-state index is 0. The number of para-hydroxylation sites is 1. The zero-order valence-corrected chi connectivity index (χ0v) is 22.3. The van der Waals surface area contributed by atoms with Gasteiger partial charge in [-0.15, -0.1) is 0 Å². The van der Waals surface area contributed by atoms with Crippen LogP contribution < -0.4 is 5.32 Å². The fourth-order valence-corrected chi connectivity index (χ4v) is 4.15. The number of rotatable bonds is 4. The monoisotopic (exact) mass is 484 g/mol. The second-order valence-corrected chi connectivity index (χ2v) is 8.50. The van der Waals surface area contributed by atoms with Crippen LogP contribution in [0, 0.1) is 20.8 Å². The van der Waals surface area contributed by atoms with E-state index in [4.69, 9.17) is 0 Å². The average molecular weight is 485 g/mol. The SMILES string of the molecule is CC[N+]1(CC(=O)Nc2c(C)cccc2C)CCCCCCC1.Cc1ccccc1.[Y]. The molecule has 1 N–H and O–H groups in total. The maximum atomic E-state index is 12.6. The van der Waals surface area contributed by atoms with Crippen molar-refractivity contribution >= 4 is 11.6 Å². The van der Waals surface area contributed by atoms with Crippen molar-refractivity contribution in [1.29, 1.82) is 0 Å². The molecule has 0 saturated carbocycles. The second kappa shape index (κ2) is 14.1. The number of hydrogen-bond donors (Lipinski definition) is 1. The predicted molar refractivity (Wildman–Crippen MR) is 124 cm³/mol. The van der Waals surface area contributed by atoms with Crippen LogP contribution in [0.2, 0.25) is 0 Å². The summed E-state index contributed by atoms with van der Waals surface area (Å²) >= 11 is 0. The molecular formula is C26H39N2OY+. The summed E-state index contributed by atoms with van der Waals surface area (Å²) in [6, 6.07) is 16.4. The van der Waals surface area contributed by atoms with E-state index in [9.17, 15) is 4.79 Å². The van der Waals surface area contributed by atoms with E-state index in [0.717, 1.165) is 40.9 Å². The van der Waals surface area contributed by atoms with Crippen molar-refractivity contribution in [3.05, 3.63) is 65.2 Å². The fourth-order valence-electron chi connectivity index (χ4n) is 4.15. The number of hydrogen-bond acceptors (Lipinski definition) is 1. The first-order valence-corrected chi connectivity index (χ1v) is 11.2. The normalized spacial score (nSPS) is 15.5. The number of quaternary nitrogens is 1. The number of anilines is 1. The minimum Gasteiger partial charge on any atom is -0.321 e. The third kappa shape index (κ3) is 9.00. The molecule has 1 aliphatic rings. The standard InChI is InChI=1S/C19H30N2O.C7H8.Y/c1-4-21(13-8-6-5-7-9-14-21)15-18(22)20-19-16(2)11-10-12-17(19)3;1-7-5-3-2-4-6-7;/h10-12H,4-9,13-15H2,1-3H3;2-6H,1H3;/p+1. The molecule has 1 aliphatic heterocycles. The Morgan fingerprint density at radius 1 is 0.833 bits per heavy atom. The molecule has 3 nitrogen and oxygen atoms in total. The second-order valence-electron chi connectivity index (χ2n) is 8.50. The third-order valence-electron chi connectivity index (χ3n) is 6.10. The molecule has 0 bridgehead atoms. The smallest absolute Gasteiger partial charge is 0.279 e. The molecule has 1 saturated heterocycles. The Morgan fingerprint density at radius 2 is 1.37 bits per heavy atom. The summed E-state index contributed by atoms with van der Waals surface area (Å²) in [6.07, 6.45) is 6.50. The maximum absolute atomic E-state index is 12.6. The van der Waals surface area contributed by atoms with Crippen molar-refractivity contribution in [2.75, 3.05) is 31.5 Å². The van der Waals surface area contributed by atoms with E-state index in [2.05, 4.69) is 57.3 Å². The van der Waals surface area contributed by atoms with Crippen molar-refractivity contribution in [1.82, 2.24) is 0 Å². The van der Waals surface area contributed by atoms with E-state index in [0.29, 0.717) is 6.54 Å². The topological polar surface area (TPSA) is 29.1 Å². The van der Waals surface area contributed by atoms with Crippen LogP contribution in [0.3, 0.4) is 0 Å². The van der Waals surface area contributed by atoms with Gasteiger partial charge in [0.05, 0.1) is 19.6 Å². The van der Waals surface area contributed by atoms with E-state index < -0.39 is 0 Å². The summed E-state index contributed by atoms with van der Waals surface area (Å²) in [5.41, 5.74) is 4.60. The number of carbonyl (C=O) groups excluding carboxylic acids is 1. The van der Waals surface area contributed by atoms with Gasteiger partial charge in [-0.3, -0.25) is 4.79 Å². The molecule has 1 radical (unpaired) electrons. The summed E-state index contributed by atoms with van der Waals surface area (Å²) in [4.78, 5) is 12.6. The molecule has 0 atom stereocenters. The van der Waals surface area contributed by atoms with Gasteiger partial charge in [-0.1, -0.05) is 60.5 Å². The molecule has 0 unspecified atom stereocenters. The maximum Gasteiger partial charge on any atom is 0.279 e. The summed E-state index contributed by atoms with van der Waals surface area (Å²) in [6.45, 7) is 12.4. The number of amides is 1. The predicted octanol–water partition coefficient (Wildman–Crippen LogP) is 6.04. The molecule has 0 aromatic heterocycles. The molecule has 1 amide bonds. The van der Waals surface area contributed by atoms with Crippen molar-refractivity contribution in [3.63, 3.8) is 0 Å². The van der Waals surface area contributed by atoms with Gasteiger partial charge in [-0.05, 0) is 64.5 Å². The van der Waals surface area contributed by atoms with Crippen molar-refractivity contribution in [2.45, 2.75) is 59.8 Å². The number of aryl methyl sites for hydroxylation is 3. The summed E-state index contributed by atoms with van der Waals surface area (Å²) in [5, 5.41) is 3.17. The number of carbonyl (C=O) groups is 1. The zero-order valence-electron chi connectivity index (χ0n) is 19.4. The van der Waals surface area contributed by atoms with Gasteiger partial charge in [-0.2, -0.15) is 0 Å². The summed E-state index contributed by atoms with van der Waals surface area (Å²) in [7, 11) is 0. The molecule has 4 heteroatoms. The van der Waals surface area contributed by atoms with E-state index in [1.165, 1.54) is 37.7 Å². The van der Waals surface area contributed by atoms with Crippen molar-refractivity contribution in [3.8, 4) is 0 Å². The molecule has 3 rings (SSSR count). The minimum absolute atomic E-state index is 0. The van der Waals surface area contributed by atoms with Crippen LogP contribution in [0.15, 0.2) is 48.5 Å². The molecule has 30 heavy (non-hydrogen) atoms. The first-order valence-electron chi connectivity index (χ1n) is 11.2. The van der Waals surface area contributed by atoms with Gasteiger partial charge in [0.2, 0.25) is 0 Å². The van der Waals surface area contributed by atoms with Crippen molar-refractivity contribution < 1.29 is 42.0 Å². The summed E-state index contributed by atoms with van der Waals surface area (Å²) in [5.74, 6) is 0.167. The molecule has 0 spiro atoms. The first kappa shape index (κ1) is 27.0. The largest absolute Gasteiger partial charge is 0.321 e. The molecule has 2 aromatic carbocycles. The molecule has 161 valence electrons. The number of likely N-dealkylation sites (tertiary alicyclic amines) is 1. The third-order valence-corrected chi connectivity index (χ3v) is 6.10. The Hall–Kier alpha value is -1.03. The van der Waals surface area contributed by atoms with Crippen LogP contribution in [0.25, 0.3) is 0 Å². The average Bonchev–Trinajstić information content (AvgIpc) is 2.68. The van der Waals surface area contributed by atoms with E-state index in [-0.39, 0.29) is 38.6 Å². The van der Waals surface area contributed by atoms with Crippen LogP contribution in [0.4, 0.5) is 5.69 Å². The number of benzene rings is 2. The number of likely N-dealkylation sites (N-methyl/N-ethyl adjacent to an activating group) is 1. The quantitative estimate of drug-likeness (QED) is 0.527. The zero-order chi connectivity index (χ0) is 21.1. The Bertz CT molecular complexity index is 733. The van der Waals surface area contributed by atoms with Gasteiger partial charge in [0, 0.05) is 38.4 Å². The van der Waals surface area contributed by atoms with Crippen molar-refractivity contribution in [2.24, 2.45) is 0 Å². The van der Waals surface area contributed by atoms with E-state index >= 15 is 0 Å². The van der Waals surface area contributed by atoms with E-state index in [1.54, 1.807) is 0 Å². The molecule has 1 heterocycles. The van der Waals surface area contributed by atoms with Gasteiger partial charge in [0.1, 0.15) is 0 Å². The van der Waals surface area contributed by atoms with Crippen LogP contribution >= 0.6 is 0 Å². The molecular weight excluding hydrogens is 445 g/mol. The Balaban J connectivity index is 0.000000477. The molecule has 2 aromatic rings. The Kier molecular flexibility index (Phi) is 12.7. The van der Waals surface area contributed by atoms with Crippen LogP contribution in [0.1, 0.15) is 55.7 Å². The molecule has 0 aliphatic carbocycles. The van der Waals surface area contributed by atoms with Gasteiger partial charge >= 0.3 is 0 Å². The van der Waals surface area contributed by atoms with Crippen LogP contribution in [-0.4, -0.2) is 36.6 Å². The van der Waals surface area contributed by atoms with Gasteiger partial charge in [-0.25, -0.2) is 0 Å². The number of nitrogens with zero attached hydrogens (tertiary/aromatic N) is 1.